The lowest BCUT2D eigenvalue weighted by atomic mass is 10.0. The van der Waals surface area contributed by atoms with Crippen LogP contribution in [-0.2, 0) is 18.3 Å². The van der Waals surface area contributed by atoms with E-state index in [-0.39, 0.29) is 37.4 Å². The number of ether oxygens (including phenoxy) is 2. The summed E-state index contributed by atoms with van der Waals surface area (Å²) in [7, 11) is 1.71. The summed E-state index contributed by atoms with van der Waals surface area (Å²) in [5, 5.41) is 12.0. The first-order chi connectivity index (χ1) is 17.5. The number of carbonyl (C=O) groups is 2. The standard InChI is InChI=1S/C23H22F4N6O4/c1-32-11-14(10-29-32)18-9-16(21(28)35)22(31-30-18)36-19-6-7-33(12-17(19)24)20(34)8-13-2-4-15(5-3-13)37-23(25,26)27/h2-5,9-11,17,19H,6-8,12H2,1H3,(H2,28,35). The minimum Gasteiger partial charge on any atom is -0.469 e. The Hall–Kier alpha value is -4.23. The molecular formula is C23H22F4N6O4. The van der Waals surface area contributed by atoms with E-state index in [4.69, 9.17) is 10.5 Å². The second kappa shape index (κ2) is 10.4. The van der Waals surface area contributed by atoms with Crippen molar-refractivity contribution in [1.29, 1.82) is 0 Å². The van der Waals surface area contributed by atoms with Gasteiger partial charge in [-0.25, -0.2) is 4.39 Å². The van der Waals surface area contributed by atoms with E-state index in [2.05, 4.69) is 20.0 Å². The number of carbonyl (C=O) groups excluding carboxylic acids is 2. The van der Waals surface area contributed by atoms with Gasteiger partial charge in [0.1, 0.15) is 17.4 Å². The number of amides is 2. The van der Waals surface area contributed by atoms with Crippen molar-refractivity contribution in [2.75, 3.05) is 13.1 Å². The van der Waals surface area contributed by atoms with Gasteiger partial charge in [0.05, 0.1) is 24.9 Å². The van der Waals surface area contributed by atoms with Crippen LogP contribution in [0.4, 0.5) is 17.6 Å². The maximum atomic E-state index is 15.0. The largest absolute Gasteiger partial charge is 0.573 e. The van der Waals surface area contributed by atoms with Crippen LogP contribution in [0.5, 0.6) is 11.6 Å². The van der Waals surface area contributed by atoms with Gasteiger partial charge >= 0.3 is 6.36 Å². The molecular weight excluding hydrogens is 500 g/mol. The van der Waals surface area contributed by atoms with Gasteiger partial charge in [0, 0.05) is 31.8 Å². The molecule has 3 aromatic rings. The number of piperidine rings is 1. The normalized spacial score (nSPS) is 17.9. The zero-order valence-electron chi connectivity index (χ0n) is 19.5. The van der Waals surface area contributed by atoms with E-state index >= 15 is 0 Å². The summed E-state index contributed by atoms with van der Waals surface area (Å²) in [6.45, 7) is -0.113. The van der Waals surface area contributed by atoms with Crippen LogP contribution in [0.1, 0.15) is 22.3 Å². The molecule has 2 aromatic heterocycles. The average molecular weight is 522 g/mol. The third-order valence-electron chi connectivity index (χ3n) is 5.64. The summed E-state index contributed by atoms with van der Waals surface area (Å²) in [6.07, 6.45) is -4.23. The third kappa shape index (κ3) is 6.51. The highest BCUT2D eigenvalue weighted by Gasteiger charge is 2.34. The fraction of sp³-hybridized carbons (Fsp3) is 0.348. The quantitative estimate of drug-likeness (QED) is 0.473. The van der Waals surface area contributed by atoms with Crippen LogP contribution in [-0.4, -0.2) is 68.4 Å². The predicted octanol–water partition coefficient (Wildman–Crippen LogP) is 2.44. The summed E-state index contributed by atoms with van der Waals surface area (Å²) < 4.78 is 62.8. The number of nitrogens with zero attached hydrogens (tertiary/aromatic N) is 5. The van der Waals surface area contributed by atoms with E-state index in [1.807, 2.05) is 0 Å². The third-order valence-corrected chi connectivity index (χ3v) is 5.64. The monoisotopic (exact) mass is 522 g/mol. The lowest BCUT2D eigenvalue weighted by Crippen LogP contribution is -2.49. The number of rotatable bonds is 7. The highest BCUT2D eigenvalue weighted by atomic mass is 19.4. The molecule has 1 fully saturated rings. The molecule has 1 aromatic carbocycles. The second-order valence-corrected chi connectivity index (χ2v) is 8.38. The van der Waals surface area contributed by atoms with Gasteiger partial charge in [-0.3, -0.25) is 14.3 Å². The Morgan fingerprint density at radius 3 is 2.51 bits per heavy atom. The zero-order valence-corrected chi connectivity index (χ0v) is 19.5. The van der Waals surface area contributed by atoms with Crippen molar-refractivity contribution in [3.8, 4) is 22.9 Å². The molecule has 10 nitrogen and oxygen atoms in total. The van der Waals surface area contributed by atoms with E-state index in [0.29, 0.717) is 16.8 Å². The van der Waals surface area contributed by atoms with Crippen molar-refractivity contribution < 1.29 is 36.6 Å². The Balaban J connectivity index is 1.37. The topological polar surface area (TPSA) is 125 Å². The summed E-state index contributed by atoms with van der Waals surface area (Å²) in [5.74, 6) is -1.85. The number of aryl methyl sites for hydroxylation is 1. The predicted molar refractivity (Wildman–Crippen MR) is 120 cm³/mol. The Morgan fingerprint density at radius 1 is 1.19 bits per heavy atom. The number of nitrogens with two attached hydrogens (primary N) is 1. The van der Waals surface area contributed by atoms with Crippen LogP contribution in [0.2, 0.25) is 0 Å². The minimum atomic E-state index is -4.81. The molecule has 2 atom stereocenters. The first-order valence-corrected chi connectivity index (χ1v) is 11.1. The maximum absolute atomic E-state index is 15.0. The summed E-state index contributed by atoms with van der Waals surface area (Å²) in [6, 6.07) is 6.26. The van der Waals surface area contributed by atoms with Gasteiger partial charge in [0.15, 0.2) is 6.17 Å². The Morgan fingerprint density at radius 2 is 1.92 bits per heavy atom. The van der Waals surface area contributed by atoms with Gasteiger partial charge in [-0.1, -0.05) is 12.1 Å². The summed E-state index contributed by atoms with van der Waals surface area (Å²) in [5.41, 5.74) is 6.78. The van der Waals surface area contributed by atoms with Crippen LogP contribution in [0.25, 0.3) is 11.3 Å². The van der Waals surface area contributed by atoms with Crippen molar-refractivity contribution >= 4 is 11.8 Å². The Labute approximate surface area is 208 Å². The highest BCUT2D eigenvalue weighted by Crippen LogP contribution is 2.26. The average Bonchev–Trinajstić information content (AvgIpc) is 3.27. The molecule has 14 heteroatoms. The number of alkyl halides is 4. The fourth-order valence-electron chi connectivity index (χ4n) is 3.82. The molecule has 1 saturated heterocycles. The molecule has 2 unspecified atom stereocenters. The Bertz CT molecular complexity index is 1280. The fourth-order valence-corrected chi connectivity index (χ4v) is 3.82. The van der Waals surface area contributed by atoms with E-state index in [1.54, 1.807) is 17.9 Å². The van der Waals surface area contributed by atoms with Crippen LogP contribution in [0.3, 0.4) is 0 Å². The molecule has 37 heavy (non-hydrogen) atoms. The maximum Gasteiger partial charge on any atom is 0.573 e. The molecule has 0 bridgehead atoms. The van der Waals surface area contributed by atoms with E-state index in [1.165, 1.54) is 29.3 Å². The molecule has 2 N–H and O–H groups in total. The number of halogens is 4. The smallest absolute Gasteiger partial charge is 0.469 e. The zero-order chi connectivity index (χ0) is 26.7. The molecule has 1 aliphatic rings. The van der Waals surface area contributed by atoms with E-state index in [0.717, 1.165) is 12.1 Å². The van der Waals surface area contributed by atoms with Crippen molar-refractivity contribution in [2.45, 2.75) is 31.5 Å². The van der Waals surface area contributed by atoms with Gasteiger partial charge in [0.25, 0.3) is 5.91 Å². The minimum absolute atomic E-state index is 0.0718. The van der Waals surface area contributed by atoms with Gasteiger partial charge in [-0.15, -0.1) is 23.4 Å². The molecule has 1 aliphatic heterocycles. The molecule has 0 saturated carbocycles. The number of likely N-dealkylation sites (tertiary alicyclic amines) is 1. The number of hydrogen-bond acceptors (Lipinski definition) is 7. The van der Waals surface area contributed by atoms with E-state index < -0.39 is 36.2 Å². The lowest BCUT2D eigenvalue weighted by Gasteiger charge is -2.34. The van der Waals surface area contributed by atoms with Gasteiger partial charge in [-0.2, -0.15) is 5.10 Å². The SMILES string of the molecule is Cn1cc(-c2cc(C(N)=O)c(OC3CCN(C(=O)Cc4ccc(OC(F)(F)F)cc4)CC3F)nn2)cn1. The van der Waals surface area contributed by atoms with Crippen molar-refractivity contribution in [3.63, 3.8) is 0 Å². The second-order valence-electron chi connectivity index (χ2n) is 8.38. The molecule has 196 valence electrons. The van der Waals surface area contributed by atoms with Gasteiger partial charge in [0.2, 0.25) is 11.8 Å². The van der Waals surface area contributed by atoms with Crippen molar-refractivity contribution in [2.24, 2.45) is 12.8 Å². The first-order valence-electron chi connectivity index (χ1n) is 11.1. The molecule has 0 radical (unpaired) electrons. The number of benzene rings is 1. The number of primary amides is 1. The van der Waals surface area contributed by atoms with Gasteiger partial charge < -0.3 is 20.1 Å². The highest BCUT2D eigenvalue weighted by molar-refractivity contribution is 5.95. The van der Waals surface area contributed by atoms with Gasteiger partial charge in [-0.05, 0) is 23.8 Å². The molecule has 0 spiro atoms. The number of hydrogen-bond donors (Lipinski definition) is 1. The number of aromatic nitrogens is 4. The van der Waals surface area contributed by atoms with Crippen molar-refractivity contribution in [1.82, 2.24) is 24.9 Å². The first kappa shape index (κ1) is 25.9. The molecule has 0 aliphatic carbocycles. The summed E-state index contributed by atoms with van der Waals surface area (Å²) in [4.78, 5) is 25.9. The van der Waals surface area contributed by atoms with Crippen LogP contribution in [0.15, 0.2) is 42.7 Å². The molecule has 3 heterocycles. The Kier molecular flexibility index (Phi) is 7.27. The lowest BCUT2D eigenvalue weighted by molar-refractivity contribution is -0.274. The van der Waals surface area contributed by atoms with E-state index in [9.17, 15) is 27.2 Å². The van der Waals surface area contributed by atoms with Crippen LogP contribution >= 0.6 is 0 Å². The summed E-state index contributed by atoms with van der Waals surface area (Å²) >= 11 is 0. The molecule has 2 amide bonds. The molecule has 4 rings (SSSR count). The van der Waals surface area contributed by atoms with Crippen LogP contribution < -0.4 is 15.2 Å². The van der Waals surface area contributed by atoms with Crippen molar-refractivity contribution in [3.05, 3.63) is 53.9 Å². The van der Waals surface area contributed by atoms with Crippen LogP contribution in [0, 0.1) is 0 Å².